The molecular formula is C16H17N3OS. The lowest BCUT2D eigenvalue weighted by Gasteiger charge is -2.12. The third-order valence-electron chi connectivity index (χ3n) is 3.79. The van der Waals surface area contributed by atoms with E-state index in [0.29, 0.717) is 11.8 Å². The molecule has 4 nitrogen and oxygen atoms in total. The predicted molar refractivity (Wildman–Crippen MR) is 86.0 cm³/mol. The maximum atomic E-state index is 5.50. The number of benzene rings is 1. The Morgan fingerprint density at radius 1 is 1.24 bits per heavy atom. The number of pyridine rings is 1. The first-order valence-electron chi connectivity index (χ1n) is 6.94. The Labute approximate surface area is 128 Å². The zero-order chi connectivity index (χ0) is 15.1. The average molecular weight is 299 g/mol. The highest BCUT2D eigenvalue weighted by Gasteiger charge is 2.15. The van der Waals surface area contributed by atoms with E-state index >= 15 is 0 Å². The van der Waals surface area contributed by atoms with Gasteiger partial charge in [-0.3, -0.25) is 4.98 Å². The Balaban J connectivity index is 2.41. The van der Waals surface area contributed by atoms with Crippen molar-refractivity contribution in [1.29, 1.82) is 0 Å². The third-order valence-corrected chi connectivity index (χ3v) is 3.96. The molecule has 2 heterocycles. The van der Waals surface area contributed by atoms with Gasteiger partial charge < -0.3 is 4.42 Å². The zero-order valence-corrected chi connectivity index (χ0v) is 13.3. The fourth-order valence-corrected chi connectivity index (χ4v) is 2.49. The Hall–Kier alpha value is -2.01. The summed E-state index contributed by atoms with van der Waals surface area (Å²) in [7, 11) is 0. The summed E-state index contributed by atoms with van der Waals surface area (Å²) < 4.78 is 5.50. The van der Waals surface area contributed by atoms with Crippen LogP contribution in [0.3, 0.4) is 0 Å². The summed E-state index contributed by atoms with van der Waals surface area (Å²) in [5, 5.41) is 7.88. The zero-order valence-electron chi connectivity index (χ0n) is 12.5. The van der Waals surface area contributed by atoms with Gasteiger partial charge in [-0.15, -0.1) is 5.10 Å². The lowest BCUT2D eigenvalue weighted by Crippen LogP contribution is -1.98. The van der Waals surface area contributed by atoms with Crippen molar-refractivity contribution < 1.29 is 4.42 Å². The van der Waals surface area contributed by atoms with Crippen molar-refractivity contribution in [3.8, 4) is 11.5 Å². The van der Waals surface area contributed by atoms with Gasteiger partial charge >= 0.3 is 0 Å². The molecule has 0 spiro atoms. The number of aryl methyl sites for hydroxylation is 2. The molecule has 5 heteroatoms. The van der Waals surface area contributed by atoms with Gasteiger partial charge in [0.2, 0.25) is 5.89 Å². The molecule has 0 saturated heterocycles. The van der Waals surface area contributed by atoms with Crippen molar-refractivity contribution in [2.75, 3.05) is 0 Å². The monoisotopic (exact) mass is 299 g/mol. The van der Waals surface area contributed by atoms with Gasteiger partial charge in [-0.25, -0.2) is 5.10 Å². The Morgan fingerprint density at radius 3 is 2.62 bits per heavy atom. The summed E-state index contributed by atoms with van der Waals surface area (Å²) in [4.78, 5) is 5.10. The van der Waals surface area contributed by atoms with E-state index in [2.05, 4.69) is 50.0 Å². The van der Waals surface area contributed by atoms with Crippen molar-refractivity contribution >= 4 is 23.1 Å². The Bertz CT molecular complexity index is 877. The summed E-state index contributed by atoms with van der Waals surface area (Å²) >= 11 is 4.99. The first kappa shape index (κ1) is 13.9. The molecule has 1 aromatic carbocycles. The van der Waals surface area contributed by atoms with Crippen molar-refractivity contribution in [2.24, 2.45) is 0 Å². The number of fused-ring (bicyclic) bond motifs is 1. The first-order valence-corrected chi connectivity index (χ1v) is 7.35. The van der Waals surface area contributed by atoms with E-state index < -0.39 is 0 Å². The average Bonchev–Trinajstić information content (AvgIpc) is 2.88. The minimum absolute atomic E-state index is 0.282. The lowest BCUT2D eigenvalue weighted by molar-refractivity contribution is 0.552. The van der Waals surface area contributed by atoms with Crippen LogP contribution in [0.2, 0.25) is 0 Å². The van der Waals surface area contributed by atoms with E-state index in [1.165, 1.54) is 11.1 Å². The van der Waals surface area contributed by atoms with Crippen LogP contribution in [-0.4, -0.2) is 15.2 Å². The van der Waals surface area contributed by atoms with Crippen LogP contribution in [0.25, 0.3) is 22.4 Å². The maximum absolute atomic E-state index is 5.50. The highest BCUT2D eigenvalue weighted by atomic mass is 32.1. The fraction of sp³-hybridized carbons (Fsp3) is 0.312. The summed E-state index contributed by atoms with van der Waals surface area (Å²) in [6, 6.07) is 6.20. The van der Waals surface area contributed by atoms with Crippen molar-refractivity contribution in [3.05, 3.63) is 39.9 Å². The van der Waals surface area contributed by atoms with Crippen LogP contribution in [0.1, 0.15) is 36.6 Å². The van der Waals surface area contributed by atoms with Gasteiger partial charge in [0.25, 0.3) is 4.84 Å². The normalized spacial score (nSPS) is 11.5. The number of aromatic amines is 1. The quantitative estimate of drug-likeness (QED) is 0.698. The minimum Gasteiger partial charge on any atom is -0.409 e. The molecule has 0 bridgehead atoms. The molecule has 0 aliphatic carbocycles. The van der Waals surface area contributed by atoms with Gasteiger partial charge in [-0.2, -0.15) is 0 Å². The number of aromatic nitrogens is 3. The molecule has 0 atom stereocenters. The van der Waals surface area contributed by atoms with E-state index in [1.54, 1.807) is 0 Å². The number of hydrogen-bond donors (Lipinski definition) is 1. The van der Waals surface area contributed by atoms with E-state index in [1.807, 2.05) is 6.07 Å². The highest BCUT2D eigenvalue weighted by Crippen LogP contribution is 2.32. The molecule has 0 aliphatic heterocycles. The number of H-pyrrole nitrogens is 1. The van der Waals surface area contributed by atoms with Crippen LogP contribution < -0.4 is 0 Å². The lowest BCUT2D eigenvalue weighted by atomic mass is 9.98. The summed E-state index contributed by atoms with van der Waals surface area (Å²) in [5.74, 6) is 0.840. The predicted octanol–water partition coefficient (Wildman–Crippen LogP) is 4.69. The molecule has 108 valence electrons. The van der Waals surface area contributed by atoms with Crippen molar-refractivity contribution in [2.45, 2.75) is 33.6 Å². The number of nitrogens with one attached hydrogen (secondary N) is 1. The molecule has 21 heavy (non-hydrogen) atoms. The molecule has 3 rings (SSSR count). The molecule has 0 radical (unpaired) electrons. The molecular weight excluding hydrogens is 282 g/mol. The molecule has 3 aromatic rings. The number of nitrogens with zero attached hydrogens (tertiary/aromatic N) is 2. The molecule has 0 aliphatic rings. The van der Waals surface area contributed by atoms with Gasteiger partial charge in [0.05, 0.1) is 5.52 Å². The summed E-state index contributed by atoms with van der Waals surface area (Å²) in [5.41, 5.74) is 5.37. The van der Waals surface area contributed by atoms with Gasteiger partial charge in [0.1, 0.15) is 0 Å². The second-order valence-corrected chi connectivity index (χ2v) is 5.94. The first-order chi connectivity index (χ1) is 9.97. The highest BCUT2D eigenvalue weighted by molar-refractivity contribution is 7.71. The molecule has 0 unspecified atom stereocenters. The van der Waals surface area contributed by atoms with E-state index in [9.17, 15) is 0 Å². The van der Waals surface area contributed by atoms with E-state index in [0.717, 1.165) is 22.2 Å². The maximum Gasteiger partial charge on any atom is 0.284 e. The van der Waals surface area contributed by atoms with Crippen LogP contribution in [0.15, 0.2) is 22.6 Å². The molecule has 0 saturated carbocycles. The molecule has 0 fully saturated rings. The van der Waals surface area contributed by atoms with Gasteiger partial charge in [-0.1, -0.05) is 26.0 Å². The van der Waals surface area contributed by atoms with Crippen molar-refractivity contribution in [3.63, 3.8) is 0 Å². The Morgan fingerprint density at radius 2 is 2.00 bits per heavy atom. The standard InChI is InChI=1S/C16H17N3OS/c1-8(2)13-7-12(15-18-19-16(21)20-15)11-6-5-9(3)10(4)14(11)17-13/h5-8H,1-4H3,(H,19,21). The number of hydrogen-bond acceptors (Lipinski definition) is 4. The van der Waals surface area contributed by atoms with Gasteiger partial charge in [0, 0.05) is 16.6 Å². The van der Waals surface area contributed by atoms with Gasteiger partial charge in [-0.05, 0) is 49.2 Å². The van der Waals surface area contributed by atoms with Crippen LogP contribution in [0, 0.1) is 18.7 Å². The SMILES string of the molecule is Cc1ccc2c(-c3n[nH]c(=S)o3)cc(C(C)C)nc2c1C. The smallest absolute Gasteiger partial charge is 0.284 e. The third kappa shape index (κ3) is 2.38. The molecule has 0 amide bonds. The van der Waals surface area contributed by atoms with Crippen LogP contribution in [-0.2, 0) is 0 Å². The van der Waals surface area contributed by atoms with Gasteiger partial charge in [0.15, 0.2) is 0 Å². The fourth-order valence-electron chi connectivity index (χ4n) is 2.37. The Kier molecular flexibility index (Phi) is 3.37. The van der Waals surface area contributed by atoms with E-state index in [-0.39, 0.29) is 4.84 Å². The number of rotatable bonds is 2. The molecule has 1 N–H and O–H groups in total. The van der Waals surface area contributed by atoms with E-state index in [4.69, 9.17) is 21.6 Å². The summed E-state index contributed by atoms with van der Waals surface area (Å²) in [6.07, 6.45) is 0. The van der Waals surface area contributed by atoms with Crippen LogP contribution >= 0.6 is 12.2 Å². The largest absolute Gasteiger partial charge is 0.409 e. The second-order valence-electron chi connectivity index (χ2n) is 5.57. The molecule has 2 aromatic heterocycles. The van der Waals surface area contributed by atoms with Crippen LogP contribution in [0.4, 0.5) is 0 Å². The van der Waals surface area contributed by atoms with Crippen LogP contribution in [0.5, 0.6) is 0 Å². The van der Waals surface area contributed by atoms with Crippen molar-refractivity contribution in [1.82, 2.24) is 15.2 Å². The minimum atomic E-state index is 0.282. The second kappa shape index (κ2) is 5.07. The summed E-state index contributed by atoms with van der Waals surface area (Å²) in [6.45, 7) is 8.45. The topological polar surface area (TPSA) is 54.7 Å².